The number of nitrogens with zero attached hydrogens (tertiary/aromatic N) is 2. The maximum Gasteiger partial charge on any atom is 0.490 e. The lowest BCUT2D eigenvalue weighted by Crippen LogP contribution is -2.50. The third-order valence-corrected chi connectivity index (χ3v) is 6.60. The molecule has 2 aliphatic rings. The molecule has 2 aliphatic heterocycles. The van der Waals surface area contributed by atoms with E-state index in [0.29, 0.717) is 48.6 Å². The van der Waals surface area contributed by atoms with E-state index in [-0.39, 0.29) is 12.5 Å². The summed E-state index contributed by atoms with van der Waals surface area (Å²) in [4.78, 5) is 73.4. The molecule has 0 unspecified atom stereocenters. The van der Waals surface area contributed by atoms with Crippen LogP contribution in [0.25, 0.3) is 0 Å². The summed E-state index contributed by atoms with van der Waals surface area (Å²) in [5, 5.41) is 28.6. The molecule has 15 nitrogen and oxygen atoms in total. The lowest BCUT2D eigenvalue weighted by atomic mass is 10.1. The van der Waals surface area contributed by atoms with Gasteiger partial charge in [-0.25, -0.2) is 14.6 Å². The Kier molecular flexibility index (Phi) is 14.0. The van der Waals surface area contributed by atoms with Crippen LogP contribution >= 0.6 is 0 Å². The van der Waals surface area contributed by atoms with Gasteiger partial charge in [-0.15, -0.1) is 0 Å². The summed E-state index contributed by atoms with van der Waals surface area (Å²) in [5.41, 5.74) is 14.5. The van der Waals surface area contributed by atoms with E-state index < -0.39 is 60.6 Å². The molecule has 2 atom stereocenters. The summed E-state index contributed by atoms with van der Waals surface area (Å²) < 4.78 is 63.5. The number of alkyl halides is 6. The zero-order valence-corrected chi connectivity index (χ0v) is 25.5. The van der Waals surface area contributed by atoms with Gasteiger partial charge >= 0.3 is 30.3 Å². The molecular formula is C29H30F6N6O9. The molecule has 0 saturated carbocycles. The van der Waals surface area contributed by atoms with Crippen LogP contribution in [0.3, 0.4) is 0 Å². The van der Waals surface area contributed by atoms with Crippen molar-refractivity contribution >= 4 is 52.8 Å². The third kappa shape index (κ3) is 11.5. The second-order valence-electron chi connectivity index (χ2n) is 10.4. The highest BCUT2D eigenvalue weighted by Gasteiger charge is 2.39. The first-order valence-electron chi connectivity index (χ1n) is 14.2. The molecule has 4 rings (SSSR count). The predicted octanol–water partition coefficient (Wildman–Crippen LogP) is 2.36. The van der Waals surface area contributed by atoms with E-state index in [4.69, 9.17) is 31.3 Å². The summed E-state index contributed by atoms with van der Waals surface area (Å²) in [5.74, 6) is -7.60. The van der Waals surface area contributed by atoms with Crippen LogP contribution in [0.5, 0.6) is 0 Å². The number of unbranched alkanes of at least 4 members (excludes halogenated alkanes) is 1. The van der Waals surface area contributed by atoms with Crippen molar-refractivity contribution in [3.8, 4) is 0 Å². The number of fused-ring (bicyclic) bond motifs is 4. The van der Waals surface area contributed by atoms with Gasteiger partial charge in [-0.1, -0.05) is 24.6 Å². The minimum Gasteiger partial charge on any atom is -0.481 e. The molecule has 0 saturated heterocycles. The van der Waals surface area contributed by atoms with E-state index in [1.807, 2.05) is 12.1 Å². The third-order valence-electron chi connectivity index (χ3n) is 6.60. The average molecular weight is 721 g/mol. The number of aliphatic imine (C=N–C) groups is 1. The number of anilines is 1. The van der Waals surface area contributed by atoms with E-state index in [1.54, 1.807) is 35.2 Å². The van der Waals surface area contributed by atoms with Gasteiger partial charge < -0.3 is 37.4 Å². The minimum atomic E-state index is -5.08. The lowest BCUT2D eigenvalue weighted by molar-refractivity contribution is -0.193. The highest BCUT2D eigenvalue weighted by atomic mass is 19.4. The van der Waals surface area contributed by atoms with Gasteiger partial charge in [0.1, 0.15) is 11.9 Å². The number of halogens is 6. The Morgan fingerprint density at radius 1 is 0.880 bits per heavy atom. The van der Waals surface area contributed by atoms with Crippen molar-refractivity contribution in [1.82, 2.24) is 10.2 Å². The number of benzene rings is 2. The highest BCUT2D eigenvalue weighted by Crippen LogP contribution is 2.35. The second-order valence-corrected chi connectivity index (χ2v) is 10.4. The number of nitrogens with one attached hydrogen (secondary N) is 2. The maximum absolute atomic E-state index is 12.9. The van der Waals surface area contributed by atoms with E-state index in [2.05, 4.69) is 15.6 Å². The van der Waals surface area contributed by atoms with E-state index >= 15 is 0 Å². The SMILES string of the molecule is NCCCC[C@H](N)C(=O)N[C@H](CC(=O)O)C(=O)Nc1ccc2c(c1)CN1C(=O)c3ccccc3C1=N2.O=C(O)C(F)(F)F.O=C(O)C(F)(F)F. The van der Waals surface area contributed by atoms with E-state index in [1.165, 1.54) is 0 Å². The first-order chi connectivity index (χ1) is 23.2. The van der Waals surface area contributed by atoms with Crippen LogP contribution in [0.15, 0.2) is 47.5 Å². The number of carbonyl (C=O) groups is 6. The highest BCUT2D eigenvalue weighted by molar-refractivity contribution is 6.24. The fourth-order valence-electron chi connectivity index (χ4n) is 4.23. The zero-order valence-electron chi connectivity index (χ0n) is 25.5. The van der Waals surface area contributed by atoms with Crippen molar-refractivity contribution in [3.63, 3.8) is 0 Å². The molecule has 2 aromatic carbocycles. The van der Waals surface area contributed by atoms with Crippen LogP contribution < -0.4 is 22.1 Å². The number of carboxylic acid groups (broad SMARTS) is 3. The number of hydrogen-bond donors (Lipinski definition) is 7. The Hall–Kier alpha value is -5.57. The Morgan fingerprint density at radius 3 is 1.96 bits per heavy atom. The molecule has 0 radical (unpaired) electrons. The van der Waals surface area contributed by atoms with Gasteiger partial charge in [-0.05, 0) is 49.2 Å². The quantitative estimate of drug-likeness (QED) is 0.139. The standard InChI is InChI=1S/C25H28N6O5.2C2HF3O2/c26-10-4-3-7-18(27)23(34)30-20(12-21(32)33)24(35)28-15-8-9-19-14(11-15)13-31-22(29-19)16-5-1-2-6-17(16)25(31)36;2*3-2(4,5)1(6)7/h1-2,5-6,8-9,11,18,20H,3-4,7,10,12-13,26-27H2,(H,28,35)(H,30,34)(H,32,33);2*(H,6,7)/t18-,20+;;/m0../s1. The minimum absolute atomic E-state index is 0.142. The van der Waals surface area contributed by atoms with Crippen LogP contribution in [-0.2, 0) is 30.5 Å². The summed E-state index contributed by atoms with van der Waals surface area (Å²) in [7, 11) is 0. The van der Waals surface area contributed by atoms with Crippen molar-refractivity contribution in [2.45, 2.75) is 56.7 Å². The van der Waals surface area contributed by atoms with Gasteiger partial charge in [-0.2, -0.15) is 26.3 Å². The van der Waals surface area contributed by atoms with Crippen LogP contribution in [-0.4, -0.2) is 92.7 Å². The molecule has 50 heavy (non-hydrogen) atoms. The van der Waals surface area contributed by atoms with E-state index in [9.17, 15) is 50.6 Å². The van der Waals surface area contributed by atoms with Gasteiger partial charge in [0.25, 0.3) is 5.91 Å². The predicted molar refractivity (Wildman–Crippen MR) is 160 cm³/mol. The molecule has 0 fully saturated rings. The number of carbonyl (C=O) groups excluding carboxylic acids is 3. The van der Waals surface area contributed by atoms with Crippen molar-refractivity contribution in [3.05, 3.63) is 59.2 Å². The number of nitrogens with two attached hydrogens (primary N) is 2. The molecule has 2 heterocycles. The topological polar surface area (TPSA) is 255 Å². The van der Waals surface area contributed by atoms with Crippen molar-refractivity contribution in [2.24, 2.45) is 16.5 Å². The molecule has 0 bridgehead atoms. The number of hydrogen-bond acceptors (Lipinski definition) is 9. The molecule has 0 aromatic heterocycles. The first kappa shape index (κ1) is 40.6. The van der Waals surface area contributed by atoms with Crippen molar-refractivity contribution in [2.75, 3.05) is 11.9 Å². The average Bonchev–Trinajstić information content (AvgIpc) is 3.29. The van der Waals surface area contributed by atoms with E-state index in [0.717, 1.165) is 11.1 Å². The van der Waals surface area contributed by atoms with Gasteiger partial charge in [0, 0.05) is 11.3 Å². The van der Waals surface area contributed by atoms with Crippen molar-refractivity contribution in [1.29, 1.82) is 0 Å². The smallest absolute Gasteiger partial charge is 0.481 e. The Balaban J connectivity index is 0.000000521. The molecule has 21 heteroatoms. The molecule has 0 spiro atoms. The first-order valence-corrected chi connectivity index (χ1v) is 14.2. The fourth-order valence-corrected chi connectivity index (χ4v) is 4.23. The molecule has 3 amide bonds. The van der Waals surface area contributed by atoms with Gasteiger partial charge in [-0.3, -0.25) is 24.1 Å². The number of rotatable bonds is 10. The van der Waals surface area contributed by atoms with Gasteiger partial charge in [0.05, 0.1) is 30.3 Å². The molecule has 272 valence electrons. The summed E-state index contributed by atoms with van der Waals surface area (Å²) in [6.45, 7) is 0.753. The maximum atomic E-state index is 12.9. The number of carboxylic acids is 3. The monoisotopic (exact) mass is 720 g/mol. The van der Waals surface area contributed by atoms with Gasteiger partial charge in [0.15, 0.2) is 0 Å². The number of amides is 3. The van der Waals surface area contributed by atoms with Gasteiger partial charge in [0.2, 0.25) is 11.8 Å². The Labute approximate surface area is 277 Å². The molecule has 2 aromatic rings. The summed E-state index contributed by atoms with van der Waals surface area (Å²) in [6.07, 6.45) is -9.05. The molecular weight excluding hydrogens is 690 g/mol. The fraction of sp³-hybridized carbons (Fsp3) is 0.345. The lowest BCUT2D eigenvalue weighted by Gasteiger charge is -2.24. The number of amidine groups is 1. The van der Waals surface area contributed by atoms with Crippen molar-refractivity contribution < 1.29 is 70.4 Å². The van der Waals surface area contributed by atoms with Crippen LogP contribution in [0.2, 0.25) is 0 Å². The van der Waals surface area contributed by atoms with Crippen LogP contribution in [0.1, 0.15) is 47.2 Å². The number of aliphatic carboxylic acids is 3. The molecule has 9 N–H and O–H groups in total. The second kappa shape index (κ2) is 17.2. The zero-order chi connectivity index (χ0) is 38.0. The van der Waals surface area contributed by atoms with Crippen LogP contribution in [0.4, 0.5) is 37.7 Å². The molecule has 0 aliphatic carbocycles. The summed E-state index contributed by atoms with van der Waals surface area (Å²) >= 11 is 0. The Morgan fingerprint density at radius 2 is 1.44 bits per heavy atom. The largest absolute Gasteiger partial charge is 0.490 e. The normalized spacial score (nSPS) is 14.1. The van der Waals surface area contributed by atoms with Crippen LogP contribution in [0, 0.1) is 0 Å². The Bertz CT molecular complexity index is 1620. The summed E-state index contributed by atoms with van der Waals surface area (Å²) in [6, 6.07) is 10.1.